The minimum Gasteiger partial charge on any atom is -0.293 e. The third kappa shape index (κ3) is 2.89. The molecule has 1 atom stereocenters. The monoisotopic (exact) mass is 375 g/mol. The Hall–Kier alpha value is -3.52. The average molecular weight is 375 g/mol. The summed E-state index contributed by atoms with van der Waals surface area (Å²) in [6.45, 7) is 2.13. The molecule has 1 aliphatic carbocycles. The van der Waals surface area contributed by atoms with Gasteiger partial charge < -0.3 is 0 Å². The summed E-state index contributed by atoms with van der Waals surface area (Å²) in [6.07, 6.45) is 0.904. The van der Waals surface area contributed by atoms with E-state index in [2.05, 4.69) is 37.3 Å². The zero-order chi connectivity index (χ0) is 19.8. The van der Waals surface area contributed by atoms with Gasteiger partial charge in [-0.1, -0.05) is 91.9 Å². The van der Waals surface area contributed by atoms with Crippen LogP contribution in [0.25, 0.3) is 10.8 Å². The van der Waals surface area contributed by atoms with E-state index in [4.69, 9.17) is 4.99 Å². The van der Waals surface area contributed by atoms with Gasteiger partial charge in [0.15, 0.2) is 5.78 Å². The number of Topliss-reactive ketones (excluding diaryl/α,β-unsaturated/α-hetero) is 1. The number of fused-ring (bicyclic) bond motifs is 2. The summed E-state index contributed by atoms with van der Waals surface area (Å²) >= 11 is 0. The first-order valence-corrected chi connectivity index (χ1v) is 10.1. The number of aliphatic imine (C=N–C) groups is 1. The highest BCUT2D eigenvalue weighted by Crippen LogP contribution is 2.39. The lowest BCUT2D eigenvalue weighted by atomic mass is 9.89. The Morgan fingerprint density at radius 2 is 1.45 bits per heavy atom. The van der Waals surface area contributed by atoms with E-state index in [-0.39, 0.29) is 11.7 Å². The van der Waals surface area contributed by atoms with Gasteiger partial charge in [0.2, 0.25) is 0 Å². The number of benzene rings is 4. The molecule has 4 aromatic carbocycles. The molecule has 0 amide bonds. The molecule has 0 saturated carbocycles. The van der Waals surface area contributed by atoms with Crippen LogP contribution < -0.4 is 0 Å². The molecule has 0 radical (unpaired) electrons. The molecule has 1 aliphatic rings. The summed E-state index contributed by atoms with van der Waals surface area (Å²) in [4.78, 5) is 18.6. The van der Waals surface area contributed by atoms with E-state index < -0.39 is 0 Å². The number of rotatable bonds is 3. The van der Waals surface area contributed by atoms with Crippen LogP contribution in [0.3, 0.4) is 0 Å². The summed E-state index contributed by atoms with van der Waals surface area (Å²) in [7, 11) is 0. The second kappa shape index (κ2) is 7.14. The van der Waals surface area contributed by atoms with Crippen LogP contribution >= 0.6 is 0 Å². The van der Waals surface area contributed by atoms with Crippen molar-refractivity contribution in [1.82, 2.24) is 0 Å². The van der Waals surface area contributed by atoms with Crippen molar-refractivity contribution >= 4 is 28.0 Å². The Balaban J connectivity index is 1.78. The minimum absolute atomic E-state index is 0.129. The topological polar surface area (TPSA) is 29.4 Å². The molecule has 1 unspecified atom stereocenters. The third-order valence-corrected chi connectivity index (χ3v) is 5.75. The molecule has 0 fully saturated rings. The largest absolute Gasteiger partial charge is 0.293 e. The van der Waals surface area contributed by atoms with Crippen molar-refractivity contribution in [2.45, 2.75) is 19.3 Å². The fourth-order valence-electron chi connectivity index (χ4n) is 4.32. The molecule has 5 rings (SSSR count). The number of aryl methyl sites for hydroxylation is 1. The van der Waals surface area contributed by atoms with Crippen LogP contribution in [0.5, 0.6) is 0 Å². The van der Waals surface area contributed by atoms with E-state index in [1.807, 2.05) is 60.7 Å². The Bertz CT molecular complexity index is 1260. The van der Waals surface area contributed by atoms with Gasteiger partial charge in [-0.3, -0.25) is 9.79 Å². The van der Waals surface area contributed by atoms with Crippen LogP contribution in [0, 0.1) is 0 Å². The zero-order valence-corrected chi connectivity index (χ0v) is 16.3. The van der Waals surface area contributed by atoms with Crippen LogP contribution in [-0.4, -0.2) is 11.5 Å². The summed E-state index contributed by atoms with van der Waals surface area (Å²) in [5.74, 6) is -0.256. The number of carbonyl (C=O) groups is 1. The van der Waals surface area contributed by atoms with E-state index in [1.54, 1.807) is 0 Å². The molecule has 29 heavy (non-hydrogen) atoms. The van der Waals surface area contributed by atoms with Crippen molar-refractivity contribution < 1.29 is 4.79 Å². The van der Waals surface area contributed by atoms with Gasteiger partial charge in [0, 0.05) is 11.1 Å². The lowest BCUT2D eigenvalue weighted by Crippen LogP contribution is -2.14. The molecular weight excluding hydrogens is 354 g/mol. The summed E-state index contributed by atoms with van der Waals surface area (Å²) in [5.41, 5.74) is 5.72. The molecule has 0 aliphatic heterocycles. The quantitative estimate of drug-likeness (QED) is 0.402. The maximum absolute atomic E-state index is 13.5. The molecule has 4 aromatic rings. The number of ketones is 1. The maximum Gasteiger partial charge on any atom is 0.177 e. The molecular formula is C27H21NO. The maximum atomic E-state index is 13.5. The molecule has 2 heteroatoms. The van der Waals surface area contributed by atoms with E-state index in [1.165, 1.54) is 5.56 Å². The molecule has 0 bridgehead atoms. The van der Waals surface area contributed by atoms with Gasteiger partial charge in [-0.15, -0.1) is 0 Å². The first-order valence-electron chi connectivity index (χ1n) is 10.1. The average Bonchev–Trinajstić information content (AvgIpc) is 3.05. The van der Waals surface area contributed by atoms with E-state index in [0.717, 1.165) is 45.3 Å². The highest BCUT2D eigenvalue weighted by Gasteiger charge is 2.38. The van der Waals surface area contributed by atoms with Gasteiger partial charge in [-0.25, -0.2) is 0 Å². The molecule has 0 heterocycles. The number of hydrogen-bond acceptors (Lipinski definition) is 2. The highest BCUT2D eigenvalue weighted by molar-refractivity contribution is 6.32. The lowest BCUT2D eigenvalue weighted by Gasteiger charge is -2.15. The van der Waals surface area contributed by atoms with Crippen molar-refractivity contribution in [3.63, 3.8) is 0 Å². The Morgan fingerprint density at radius 3 is 2.31 bits per heavy atom. The Morgan fingerprint density at radius 1 is 0.759 bits per heavy atom. The Kier molecular flexibility index (Phi) is 4.33. The summed E-state index contributed by atoms with van der Waals surface area (Å²) in [6, 6.07) is 30.5. The van der Waals surface area contributed by atoms with Gasteiger partial charge in [0.1, 0.15) is 0 Å². The summed E-state index contributed by atoms with van der Waals surface area (Å²) < 4.78 is 0. The van der Waals surface area contributed by atoms with Crippen molar-refractivity contribution in [2.75, 3.05) is 0 Å². The number of carbonyl (C=O) groups excluding carboxylic acids is 1. The Labute approximate surface area is 170 Å². The van der Waals surface area contributed by atoms with Gasteiger partial charge >= 0.3 is 0 Å². The fraction of sp³-hybridized carbons (Fsp3) is 0.111. The van der Waals surface area contributed by atoms with E-state index >= 15 is 0 Å². The smallest absolute Gasteiger partial charge is 0.177 e. The van der Waals surface area contributed by atoms with E-state index in [0.29, 0.717) is 0 Å². The molecule has 140 valence electrons. The van der Waals surface area contributed by atoms with Crippen LogP contribution in [0.2, 0.25) is 0 Å². The predicted molar refractivity (Wildman–Crippen MR) is 119 cm³/mol. The number of nitrogens with zero attached hydrogens (tertiary/aromatic N) is 1. The van der Waals surface area contributed by atoms with E-state index in [9.17, 15) is 4.79 Å². The second-order valence-electron chi connectivity index (χ2n) is 7.39. The van der Waals surface area contributed by atoms with Crippen LogP contribution in [-0.2, 0) is 6.42 Å². The SMILES string of the molecule is CCc1ccccc1N=C1c2ccccc2C(=O)C1c1cccc2ccccc12. The molecule has 0 aromatic heterocycles. The first-order chi connectivity index (χ1) is 14.3. The molecule has 0 saturated heterocycles. The van der Waals surface area contributed by atoms with Gasteiger partial charge in [0.25, 0.3) is 0 Å². The normalized spacial score (nSPS) is 17.1. The number of hydrogen-bond donors (Lipinski definition) is 0. The van der Waals surface area contributed by atoms with Crippen molar-refractivity contribution in [2.24, 2.45) is 4.99 Å². The second-order valence-corrected chi connectivity index (χ2v) is 7.39. The standard InChI is InChI=1S/C27H21NO/c1-2-18-10-4-8-17-24(18)28-26-22-14-6-7-15-23(22)27(29)25(26)21-16-9-12-19-11-3-5-13-20(19)21/h3-17,25H,2H2,1H3. The molecule has 0 N–H and O–H groups in total. The summed E-state index contributed by atoms with van der Waals surface area (Å²) in [5, 5.41) is 2.25. The lowest BCUT2D eigenvalue weighted by molar-refractivity contribution is 0.0989. The zero-order valence-electron chi connectivity index (χ0n) is 16.3. The van der Waals surface area contributed by atoms with Crippen LogP contribution in [0.4, 0.5) is 5.69 Å². The van der Waals surface area contributed by atoms with Gasteiger partial charge in [0.05, 0.1) is 17.3 Å². The van der Waals surface area contributed by atoms with Crippen LogP contribution in [0.15, 0.2) is 96.0 Å². The van der Waals surface area contributed by atoms with Gasteiger partial charge in [-0.05, 0) is 34.4 Å². The first kappa shape index (κ1) is 17.6. The molecule has 2 nitrogen and oxygen atoms in total. The van der Waals surface area contributed by atoms with Crippen molar-refractivity contribution in [3.05, 3.63) is 113 Å². The van der Waals surface area contributed by atoms with Crippen LogP contribution in [0.1, 0.15) is 39.9 Å². The van der Waals surface area contributed by atoms with Crippen molar-refractivity contribution in [3.8, 4) is 0 Å². The minimum atomic E-state index is -0.386. The predicted octanol–water partition coefficient (Wildman–Crippen LogP) is 6.50. The third-order valence-electron chi connectivity index (χ3n) is 5.75. The highest BCUT2D eigenvalue weighted by atomic mass is 16.1. The van der Waals surface area contributed by atoms with Gasteiger partial charge in [-0.2, -0.15) is 0 Å². The number of para-hydroxylation sites is 1. The molecule has 0 spiro atoms. The fourth-order valence-corrected chi connectivity index (χ4v) is 4.32. The van der Waals surface area contributed by atoms with Crippen molar-refractivity contribution in [1.29, 1.82) is 0 Å².